The number of amides is 2. The maximum absolute atomic E-state index is 14.4. The van der Waals surface area contributed by atoms with Gasteiger partial charge in [-0.1, -0.05) is 60.1 Å². The van der Waals surface area contributed by atoms with E-state index in [9.17, 15) is 14.4 Å². The minimum atomic E-state index is -0.449. The number of hydrogen-bond donors (Lipinski definition) is 3. The fourth-order valence-corrected chi connectivity index (χ4v) is 5.59. The zero-order chi connectivity index (χ0) is 34.4. The molecule has 11 nitrogen and oxygen atoms in total. The maximum Gasteiger partial charge on any atom is 0.260 e. The number of nitrogens with zero attached hydrogens (tertiary/aromatic N) is 3. The molecular formula is C35H30Cl2N6O5. The van der Waals surface area contributed by atoms with Gasteiger partial charge in [0, 0.05) is 28.9 Å². The summed E-state index contributed by atoms with van der Waals surface area (Å²) in [5.74, 6) is 0.0684. The second-order valence-electron chi connectivity index (χ2n) is 10.3. The van der Waals surface area contributed by atoms with Gasteiger partial charge in [-0.05, 0) is 55.0 Å². The number of benzene rings is 3. The summed E-state index contributed by atoms with van der Waals surface area (Å²) in [5, 5.41) is 9.42. The van der Waals surface area contributed by atoms with Gasteiger partial charge in [-0.2, -0.15) is 4.98 Å². The summed E-state index contributed by atoms with van der Waals surface area (Å²) in [7, 11) is 2.90. The Hall–Kier alpha value is -5.65. The smallest absolute Gasteiger partial charge is 0.260 e. The molecule has 0 fully saturated rings. The Bertz CT molecular complexity index is 2100. The summed E-state index contributed by atoms with van der Waals surface area (Å²) in [6, 6.07) is 17.2. The number of anilines is 4. The Labute approximate surface area is 285 Å². The Kier molecular flexibility index (Phi) is 10.4. The predicted octanol–water partition coefficient (Wildman–Crippen LogP) is 7.21. The maximum atomic E-state index is 14.4. The highest BCUT2D eigenvalue weighted by atomic mass is 35.5. The van der Waals surface area contributed by atoms with E-state index in [0.717, 1.165) is 5.56 Å². The topological polar surface area (TPSA) is 136 Å². The normalized spacial score (nSPS) is 10.9. The Morgan fingerprint density at radius 1 is 0.938 bits per heavy atom. The van der Waals surface area contributed by atoms with E-state index in [2.05, 4.69) is 27.5 Å². The van der Waals surface area contributed by atoms with Gasteiger partial charge in [0.05, 0.1) is 47.7 Å². The zero-order valence-corrected chi connectivity index (χ0v) is 27.6. The van der Waals surface area contributed by atoms with Crippen molar-refractivity contribution in [2.45, 2.75) is 13.5 Å². The van der Waals surface area contributed by atoms with Crippen molar-refractivity contribution in [3.8, 4) is 22.6 Å². The zero-order valence-electron chi connectivity index (χ0n) is 26.1. The molecular weight excluding hydrogens is 655 g/mol. The van der Waals surface area contributed by atoms with Crippen LogP contribution < -0.4 is 31.0 Å². The van der Waals surface area contributed by atoms with Crippen LogP contribution in [0.2, 0.25) is 10.0 Å². The number of carbonyl (C=O) groups is 2. The first-order valence-corrected chi connectivity index (χ1v) is 15.3. The van der Waals surface area contributed by atoms with E-state index in [1.165, 1.54) is 30.9 Å². The second-order valence-corrected chi connectivity index (χ2v) is 11.0. The SMILES string of the molecule is C=CC(=O)Nc1ccccc1Nc1ncc2cc(-c3c(Cl)c(OC)cc(OC)c3Cl)c(=O)n(Cc3ccc(NC(=O)/C=C/C)cc3)c2n1. The quantitative estimate of drug-likeness (QED) is 0.124. The Morgan fingerprint density at radius 3 is 2.23 bits per heavy atom. The van der Waals surface area contributed by atoms with E-state index in [1.54, 1.807) is 79.9 Å². The molecule has 0 bridgehead atoms. The molecule has 13 heteroatoms. The molecule has 244 valence electrons. The van der Waals surface area contributed by atoms with E-state index < -0.39 is 5.56 Å². The van der Waals surface area contributed by atoms with Crippen molar-refractivity contribution < 1.29 is 19.1 Å². The number of rotatable bonds is 11. The lowest BCUT2D eigenvalue weighted by Gasteiger charge is -2.18. The number of halogens is 2. The summed E-state index contributed by atoms with van der Waals surface area (Å²) >= 11 is 13.5. The molecule has 5 rings (SSSR count). The minimum Gasteiger partial charge on any atom is -0.495 e. The molecule has 0 spiro atoms. The Morgan fingerprint density at radius 2 is 1.60 bits per heavy atom. The van der Waals surface area contributed by atoms with Gasteiger partial charge in [-0.3, -0.25) is 19.0 Å². The molecule has 0 radical (unpaired) electrons. The predicted molar refractivity (Wildman–Crippen MR) is 190 cm³/mol. The van der Waals surface area contributed by atoms with E-state index in [0.29, 0.717) is 28.1 Å². The van der Waals surface area contributed by atoms with Crippen molar-refractivity contribution >= 4 is 69.1 Å². The first-order chi connectivity index (χ1) is 23.2. The number of ether oxygens (including phenoxy) is 2. The second kappa shape index (κ2) is 14.8. The average Bonchev–Trinajstić information content (AvgIpc) is 3.08. The molecule has 3 aromatic carbocycles. The number of nitrogens with one attached hydrogen (secondary N) is 3. The Balaban J connectivity index is 1.66. The molecule has 0 saturated carbocycles. The summed E-state index contributed by atoms with van der Waals surface area (Å²) in [4.78, 5) is 47.7. The van der Waals surface area contributed by atoms with Crippen LogP contribution in [-0.2, 0) is 16.1 Å². The molecule has 2 amide bonds. The van der Waals surface area contributed by atoms with Gasteiger partial charge in [0.25, 0.3) is 5.56 Å². The summed E-state index contributed by atoms with van der Waals surface area (Å²) in [6.07, 6.45) is 5.80. The third-order valence-electron chi connectivity index (χ3n) is 7.17. The van der Waals surface area contributed by atoms with Crippen LogP contribution >= 0.6 is 23.2 Å². The van der Waals surface area contributed by atoms with Gasteiger partial charge in [0.1, 0.15) is 17.1 Å². The molecule has 0 aliphatic carbocycles. The van der Waals surface area contributed by atoms with Crippen LogP contribution in [0.3, 0.4) is 0 Å². The first-order valence-electron chi connectivity index (χ1n) is 14.5. The number of para-hydroxylation sites is 2. The molecule has 0 aliphatic rings. The van der Waals surface area contributed by atoms with Crippen LogP contribution in [0.1, 0.15) is 12.5 Å². The third kappa shape index (κ3) is 7.17. The highest BCUT2D eigenvalue weighted by Crippen LogP contribution is 2.45. The lowest BCUT2D eigenvalue weighted by Crippen LogP contribution is -2.24. The number of methoxy groups -OCH3 is 2. The van der Waals surface area contributed by atoms with Gasteiger partial charge in [0.2, 0.25) is 17.8 Å². The van der Waals surface area contributed by atoms with Crippen LogP contribution in [0.5, 0.6) is 11.5 Å². The lowest BCUT2D eigenvalue weighted by molar-refractivity contribution is -0.112. The largest absolute Gasteiger partial charge is 0.495 e. The van der Waals surface area contributed by atoms with Crippen LogP contribution in [0.15, 0.2) is 96.5 Å². The highest BCUT2D eigenvalue weighted by molar-refractivity contribution is 6.41. The van der Waals surface area contributed by atoms with Gasteiger partial charge >= 0.3 is 0 Å². The van der Waals surface area contributed by atoms with Crippen molar-refractivity contribution in [1.82, 2.24) is 14.5 Å². The van der Waals surface area contributed by atoms with Crippen molar-refractivity contribution in [2.75, 3.05) is 30.2 Å². The molecule has 3 N–H and O–H groups in total. The number of carbonyl (C=O) groups excluding carboxylic acids is 2. The fourth-order valence-electron chi connectivity index (χ4n) is 4.88. The van der Waals surface area contributed by atoms with E-state index >= 15 is 0 Å². The van der Waals surface area contributed by atoms with E-state index in [-0.39, 0.29) is 57.0 Å². The highest BCUT2D eigenvalue weighted by Gasteiger charge is 2.23. The van der Waals surface area contributed by atoms with Crippen LogP contribution in [0.4, 0.5) is 23.0 Å². The van der Waals surface area contributed by atoms with Crippen LogP contribution in [-0.4, -0.2) is 40.6 Å². The number of allylic oxidation sites excluding steroid dienone is 1. The first kappa shape index (κ1) is 33.7. The monoisotopic (exact) mass is 684 g/mol. The number of fused-ring (bicyclic) bond motifs is 1. The number of aromatic nitrogens is 3. The molecule has 0 aliphatic heterocycles. The van der Waals surface area contributed by atoms with E-state index in [1.807, 2.05) is 0 Å². The number of hydrogen-bond acceptors (Lipinski definition) is 8. The fraction of sp³-hybridized carbons (Fsp3) is 0.114. The van der Waals surface area contributed by atoms with Crippen LogP contribution in [0.25, 0.3) is 22.2 Å². The standard InChI is InChI=1S/C35H30Cl2N6O5/c1-5-9-29(45)39-22-14-12-20(13-15-22)19-43-33-21(16-23(34(43)46)30-31(36)26(47-3)17-27(48-4)32(30)37)18-38-35(42-33)41-25-11-8-7-10-24(25)40-28(44)6-2/h5-18H,2,19H2,1,3-4H3,(H,39,45)(H,40,44)(H,38,41,42)/b9-5+. The van der Waals surface area contributed by atoms with Crippen LogP contribution in [0, 0.1) is 0 Å². The number of pyridine rings is 1. The molecule has 5 aromatic rings. The van der Waals surface area contributed by atoms with Gasteiger partial charge in [-0.15, -0.1) is 0 Å². The molecule has 2 heterocycles. The van der Waals surface area contributed by atoms with Gasteiger partial charge < -0.3 is 25.4 Å². The van der Waals surface area contributed by atoms with Gasteiger partial charge in [-0.25, -0.2) is 4.98 Å². The summed E-state index contributed by atoms with van der Waals surface area (Å²) < 4.78 is 12.4. The lowest BCUT2D eigenvalue weighted by atomic mass is 10.0. The summed E-state index contributed by atoms with van der Waals surface area (Å²) in [5.41, 5.74) is 2.60. The van der Waals surface area contributed by atoms with Crippen molar-refractivity contribution in [3.05, 3.63) is 118 Å². The third-order valence-corrected chi connectivity index (χ3v) is 7.92. The molecule has 0 unspecified atom stereocenters. The molecule has 48 heavy (non-hydrogen) atoms. The average molecular weight is 686 g/mol. The van der Waals surface area contributed by atoms with Crippen molar-refractivity contribution in [1.29, 1.82) is 0 Å². The molecule has 2 aromatic heterocycles. The van der Waals surface area contributed by atoms with Crippen molar-refractivity contribution in [3.63, 3.8) is 0 Å². The van der Waals surface area contributed by atoms with Crippen molar-refractivity contribution in [2.24, 2.45) is 0 Å². The van der Waals surface area contributed by atoms with Gasteiger partial charge in [0.15, 0.2) is 0 Å². The molecule has 0 atom stereocenters. The van der Waals surface area contributed by atoms with E-state index in [4.69, 9.17) is 37.7 Å². The minimum absolute atomic E-state index is 0.0883. The molecule has 0 saturated heterocycles. The summed E-state index contributed by atoms with van der Waals surface area (Å²) in [6.45, 7) is 5.34.